The minimum atomic E-state index is -4.32. The second-order valence-corrected chi connectivity index (χ2v) is 5.21. The van der Waals surface area contributed by atoms with Gasteiger partial charge in [-0.3, -0.25) is 4.99 Å². The van der Waals surface area contributed by atoms with Gasteiger partial charge in [0.1, 0.15) is 0 Å². The maximum Gasteiger partial charge on any atom is 0.416 e. The van der Waals surface area contributed by atoms with Gasteiger partial charge in [0, 0.05) is 20.1 Å². The second-order valence-electron chi connectivity index (χ2n) is 5.21. The van der Waals surface area contributed by atoms with E-state index in [1.165, 1.54) is 6.07 Å². The molecule has 0 atom stereocenters. The molecule has 0 aliphatic heterocycles. The van der Waals surface area contributed by atoms with Crippen molar-refractivity contribution in [1.82, 2.24) is 15.5 Å². The van der Waals surface area contributed by atoms with Crippen molar-refractivity contribution in [1.29, 1.82) is 0 Å². The Bertz CT molecular complexity index is 490. The number of benzene rings is 1. The van der Waals surface area contributed by atoms with Gasteiger partial charge in [-0.15, -0.1) is 24.0 Å². The Balaban J connectivity index is 0.00000484. The highest BCUT2D eigenvalue weighted by Gasteiger charge is 2.30. The van der Waals surface area contributed by atoms with Crippen LogP contribution in [0.1, 0.15) is 17.5 Å². The largest absolute Gasteiger partial charge is 0.416 e. The van der Waals surface area contributed by atoms with Crippen molar-refractivity contribution < 1.29 is 13.2 Å². The van der Waals surface area contributed by atoms with Crippen LogP contribution in [0.4, 0.5) is 13.2 Å². The normalized spacial score (nSPS) is 12.0. The molecule has 4 nitrogen and oxygen atoms in total. The first-order valence-corrected chi connectivity index (χ1v) is 7.08. The lowest BCUT2D eigenvalue weighted by atomic mass is 10.1. The number of hydrogen-bond acceptors (Lipinski definition) is 2. The van der Waals surface area contributed by atoms with E-state index in [-0.39, 0.29) is 30.5 Å². The maximum absolute atomic E-state index is 12.6. The van der Waals surface area contributed by atoms with Gasteiger partial charge in [-0.05, 0) is 44.8 Å². The summed E-state index contributed by atoms with van der Waals surface area (Å²) in [7, 11) is 5.63. The molecule has 0 radical (unpaired) electrons. The van der Waals surface area contributed by atoms with E-state index in [1.54, 1.807) is 13.1 Å². The molecule has 0 aromatic heterocycles. The Labute approximate surface area is 152 Å². The summed E-state index contributed by atoms with van der Waals surface area (Å²) in [5.74, 6) is 0.580. The van der Waals surface area contributed by atoms with Crippen LogP contribution in [0.3, 0.4) is 0 Å². The highest BCUT2D eigenvalue weighted by molar-refractivity contribution is 14.0. The van der Waals surface area contributed by atoms with Crippen molar-refractivity contribution in [2.24, 2.45) is 4.99 Å². The van der Waals surface area contributed by atoms with E-state index >= 15 is 0 Å². The summed E-state index contributed by atoms with van der Waals surface area (Å²) in [6, 6.07) is 5.28. The molecule has 0 fully saturated rings. The molecule has 0 unspecified atom stereocenters. The van der Waals surface area contributed by atoms with E-state index in [0.717, 1.165) is 31.6 Å². The third kappa shape index (κ3) is 8.99. The number of halogens is 4. The number of aliphatic imine (C=N–C) groups is 1. The third-order valence-electron chi connectivity index (χ3n) is 3.01. The van der Waals surface area contributed by atoms with Crippen LogP contribution in [0.2, 0.25) is 0 Å². The summed E-state index contributed by atoms with van der Waals surface area (Å²) in [6.45, 7) is 2.00. The lowest BCUT2D eigenvalue weighted by molar-refractivity contribution is -0.137. The van der Waals surface area contributed by atoms with Crippen LogP contribution >= 0.6 is 24.0 Å². The molecule has 1 rings (SSSR count). The summed E-state index contributed by atoms with van der Waals surface area (Å²) < 4.78 is 37.9. The van der Waals surface area contributed by atoms with E-state index in [9.17, 15) is 13.2 Å². The molecule has 23 heavy (non-hydrogen) atoms. The van der Waals surface area contributed by atoms with Gasteiger partial charge in [-0.25, -0.2) is 0 Å². The van der Waals surface area contributed by atoms with Crippen molar-refractivity contribution in [3.05, 3.63) is 35.4 Å². The monoisotopic (exact) mass is 444 g/mol. The zero-order chi connectivity index (χ0) is 16.6. The Kier molecular flexibility index (Phi) is 10.2. The van der Waals surface area contributed by atoms with Gasteiger partial charge in [0.25, 0.3) is 0 Å². The van der Waals surface area contributed by atoms with Crippen LogP contribution in [0.5, 0.6) is 0 Å². The Hall–Kier alpha value is -1.03. The molecule has 0 saturated heterocycles. The highest BCUT2D eigenvalue weighted by atomic mass is 127. The van der Waals surface area contributed by atoms with Crippen molar-refractivity contribution in [3.8, 4) is 0 Å². The minimum Gasteiger partial charge on any atom is -0.356 e. The molecular weight excluding hydrogens is 420 g/mol. The van der Waals surface area contributed by atoms with Gasteiger partial charge < -0.3 is 15.5 Å². The number of alkyl halides is 3. The van der Waals surface area contributed by atoms with Gasteiger partial charge >= 0.3 is 6.18 Å². The standard InChI is InChI=1S/C15H23F3N4.HI/c1-19-14(20-8-5-9-22(2)3)21-11-12-6-4-7-13(10-12)15(16,17)18;/h4,6-7,10H,5,8-9,11H2,1-3H3,(H2,19,20,21);1H. The Morgan fingerprint density at radius 3 is 2.48 bits per heavy atom. The maximum atomic E-state index is 12.6. The molecule has 0 saturated carbocycles. The van der Waals surface area contributed by atoms with Crippen LogP contribution in [-0.2, 0) is 12.7 Å². The summed E-state index contributed by atoms with van der Waals surface area (Å²) in [5, 5.41) is 6.14. The van der Waals surface area contributed by atoms with Crippen LogP contribution in [0.25, 0.3) is 0 Å². The zero-order valence-corrected chi connectivity index (χ0v) is 15.9. The number of nitrogens with one attached hydrogen (secondary N) is 2. The van der Waals surface area contributed by atoms with Gasteiger partial charge in [-0.2, -0.15) is 13.2 Å². The van der Waals surface area contributed by atoms with E-state index in [0.29, 0.717) is 11.5 Å². The molecule has 0 aliphatic rings. The molecular formula is C15H24F3IN4. The van der Waals surface area contributed by atoms with Crippen molar-refractivity contribution >= 4 is 29.9 Å². The third-order valence-corrected chi connectivity index (χ3v) is 3.01. The smallest absolute Gasteiger partial charge is 0.356 e. The average molecular weight is 444 g/mol. The molecule has 1 aromatic rings. The Morgan fingerprint density at radius 2 is 1.91 bits per heavy atom. The summed E-state index contributed by atoms with van der Waals surface area (Å²) in [6.07, 6.45) is -3.36. The fourth-order valence-corrected chi connectivity index (χ4v) is 1.87. The number of hydrogen-bond donors (Lipinski definition) is 2. The predicted molar refractivity (Wildman–Crippen MR) is 98.2 cm³/mol. The molecule has 0 heterocycles. The van der Waals surface area contributed by atoms with Crippen LogP contribution in [0.15, 0.2) is 29.3 Å². The van der Waals surface area contributed by atoms with Crippen LogP contribution in [0, 0.1) is 0 Å². The SMILES string of the molecule is CN=C(NCCCN(C)C)NCc1cccc(C(F)(F)F)c1.I. The van der Waals surface area contributed by atoms with E-state index in [4.69, 9.17) is 0 Å². The zero-order valence-electron chi connectivity index (χ0n) is 13.6. The fraction of sp³-hybridized carbons (Fsp3) is 0.533. The predicted octanol–water partition coefficient (Wildman–Crippen LogP) is 2.94. The lowest BCUT2D eigenvalue weighted by Crippen LogP contribution is -2.38. The van der Waals surface area contributed by atoms with E-state index in [2.05, 4.69) is 20.5 Å². The molecule has 0 aliphatic carbocycles. The second kappa shape index (κ2) is 10.7. The molecule has 132 valence electrons. The van der Waals surface area contributed by atoms with E-state index in [1.807, 2.05) is 14.1 Å². The van der Waals surface area contributed by atoms with Crippen molar-refractivity contribution in [2.45, 2.75) is 19.1 Å². The topological polar surface area (TPSA) is 39.7 Å². The first-order chi connectivity index (χ1) is 10.3. The Morgan fingerprint density at radius 1 is 1.22 bits per heavy atom. The molecule has 1 aromatic carbocycles. The molecule has 0 amide bonds. The van der Waals surface area contributed by atoms with Crippen molar-refractivity contribution in [3.63, 3.8) is 0 Å². The summed E-state index contributed by atoms with van der Waals surface area (Å²) in [4.78, 5) is 6.13. The summed E-state index contributed by atoms with van der Waals surface area (Å²) in [5.41, 5.74) is -0.0770. The van der Waals surface area contributed by atoms with E-state index < -0.39 is 11.7 Å². The molecule has 8 heteroatoms. The van der Waals surface area contributed by atoms with Gasteiger partial charge in [0.15, 0.2) is 5.96 Å². The lowest BCUT2D eigenvalue weighted by Gasteiger charge is -2.14. The quantitative estimate of drug-likeness (QED) is 0.307. The fourth-order valence-electron chi connectivity index (χ4n) is 1.87. The van der Waals surface area contributed by atoms with Crippen LogP contribution in [-0.4, -0.2) is 45.1 Å². The number of rotatable bonds is 6. The van der Waals surface area contributed by atoms with Gasteiger partial charge in [0.2, 0.25) is 0 Å². The minimum absolute atomic E-state index is 0. The van der Waals surface area contributed by atoms with Gasteiger partial charge in [0.05, 0.1) is 5.56 Å². The number of guanidine groups is 1. The highest BCUT2D eigenvalue weighted by Crippen LogP contribution is 2.29. The first kappa shape index (κ1) is 22.0. The number of nitrogens with zero attached hydrogens (tertiary/aromatic N) is 2. The first-order valence-electron chi connectivity index (χ1n) is 7.08. The van der Waals surface area contributed by atoms with Gasteiger partial charge in [-0.1, -0.05) is 12.1 Å². The summed E-state index contributed by atoms with van der Waals surface area (Å²) >= 11 is 0. The molecule has 0 spiro atoms. The van der Waals surface area contributed by atoms with Crippen LogP contribution < -0.4 is 10.6 Å². The average Bonchev–Trinajstić information content (AvgIpc) is 2.45. The molecule has 0 bridgehead atoms. The molecule has 2 N–H and O–H groups in total. The van der Waals surface area contributed by atoms with Crippen molar-refractivity contribution in [2.75, 3.05) is 34.2 Å².